The monoisotopic (exact) mass is 935 g/mol. The molecule has 3 aliphatic rings. The van der Waals surface area contributed by atoms with Crippen molar-refractivity contribution in [3.8, 4) is 23.0 Å². The van der Waals surface area contributed by atoms with Crippen LogP contribution < -0.4 is 50.0 Å². The van der Waals surface area contributed by atoms with Crippen molar-refractivity contribution in [2.24, 2.45) is 4.99 Å². The first-order chi connectivity index (χ1) is 33.5. The summed E-state index contributed by atoms with van der Waals surface area (Å²) in [4.78, 5) is 74.8. The molecule has 4 N–H and O–H groups in total. The molecule has 2 atom stereocenters. The van der Waals surface area contributed by atoms with Crippen molar-refractivity contribution in [2.45, 2.75) is 77.7 Å². The Morgan fingerprint density at radius 3 is 2.19 bits per heavy atom. The van der Waals surface area contributed by atoms with Gasteiger partial charge in [-0.15, -0.1) is 0 Å². The summed E-state index contributed by atoms with van der Waals surface area (Å²) in [5.41, 5.74) is 7.39. The standard InChI is InChI=1S/C53H57N7O9/c1-6-7-8-17-49(61)56-29-50(62)57-32(2)51(63)58-37-21-33(30-68-47-26-41(54-3)39(24-45(47)66-4)52(64)59-19-18-35-13-9-11-15-43(35)59)20-34(22-37)31-69-48-27-42-40(25-46(48)67-5)53(65)60-38(28-55-42)23-36-14-10-12-16-44(36)60/h9-16,20-22,24-28,32,38,54H,6-8,17-19,23,29-31H2,1-5H3,(H,56,61)(H,57,62)(H,58,63). The van der Waals surface area contributed by atoms with Crippen LogP contribution in [0.4, 0.5) is 28.4 Å². The Hall–Kier alpha value is -7.88. The summed E-state index contributed by atoms with van der Waals surface area (Å²) in [7, 11) is 4.74. The molecule has 0 fully saturated rings. The average molecular weight is 936 g/mol. The molecule has 16 heteroatoms. The van der Waals surface area contributed by atoms with E-state index in [0.29, 0.717) is 81.7 Å². The summed E-state index contributed by atoms with van der Waals surface area (Å²) in [6, 6.07) is 26.6. The molecule has 2 unspecified atom stereocenters. The third kappa shape index (κ3) is 10.6. The highest BCUT2D eigenvalue weighted by Gasteiger charge is 2.36. The van der Waals surface area contributed by atoms with E-state index in [1.807, 2.05) is 61.5 Å². The molecule has 5 aromatic rings. The predicted octanol–water partition coefficient (Wildman–Crippen LogP) is 7.53. The second-order valence-electron chi connectivity index (χ2n) is 17.1. The quantitative estimate of drug-likeness (QED) is 0.0603. The van der Waals surface area contributed by atoms with Gasteiger partial charge in [0, 0.05) is 61.8 Å². The van der Waals surface area contributed by atoms with Gasteiger partial charge in [0.15, 0.2) is 23.0 Å². The lowest BCUT2D eigenvalue weighted by atomic mass is 10.1. The first kappa shape index (κ1) is 47.6. The molecule has 0 spiro atoms. The maximum Gasteiger partial charge on any atom is 0.261 e. The molecule has 358 valence electrons. The van der Waals surface area contributed by atoms with Gasteiger partial charge in [0.1, 0.15) is 19.3 Å². The van der Waals surface area contributed by atoms with Gasteiger partial charge in [-0.3, -0.25) is 33.9 Å². The zero-order valence-corrected chi connectivity index (χ0v) is 39.5. The van der Waals surface area contributed by atoms with E-state index in [-0.39, 0.29) is 43.5 Å². The van der Waals surface area contributed by atoms with Crippen molar-refractivity contribution in [1.29, 1.82) is 0 Å². The van der Waals surface area contributed by atoms with E-state index < -0.39 is 17.9 Å². The first-order valence-electron chi connectivity index (χ1n) is 23.2. The van der Waals surface area contributed by atoms with Gasteiger partial charge in [0.2, 0.25) is 17.7 Å². The lowest BCUT2D eigenvalue weighted by Gasteiger charge is -2.22. The van der Waals surface area contributed by atoms with Crippen LogP contribution in [0.3, 0.4) is 0 Å². The van der Waals surface area contributed by atoms with Gasteiger partial charge < -0.3 is 45.1 Å². The molecule has 0 aromatic heterocycles. The van der Waals surface area contributed by atoms with Crippen LogP contribution in [-0.4, -0.2) is 82.2 Å². The third-order valence-electron chi connectivity index (χ3n) is 12.4. The molecule has 0 saturated carbocycles. The summed E-state index contributed by atoms with van der Waals surface area (Å²) < 4.78 is 24.3. The van der Waals surface area contributed by atoms with Gasteiger partial charge in [-0.2, -0.15) is 0 Å². The number of nitrogens with one attached hydrogen (secondary N) is 4. The van der Waals surface area contributed by atoms with Crippen molar-refractivity contribution in [3.63, 3.8) is 0 Å². The maximum atomic E-state index is 14.0. The summed E-state index contributed by atoms with van der Waals surface area (Å²) >= 11 is 0. The number of nitrogens with zero attached hydrogens (tertiary/aromatic N) is 3. The van der Waals surface area contributed by atoms with Gasteiger partial charge >= 0.3 is 0 Å². The molecule has 5 aromatic carbocycles. The smallest absolute Gasteiger partial charge is 0.261 e. The molecule has 0 bridgehead atoms. The minimum atomic E-state index is -0.954. The van der Waals surface area contributed by atoms with E-state index in [1.54, 1.807) is 66.4 Å². The average Bonchev–Trinajstić information content (AvgIpc) is 3.94. The number of methoxy groups -OCH3 is 2. The summed E-state index contributed by atoms with van der Waals surface area (Å²) in [5, 5.41) is 11.3. The van der Waals surface area contributed by atoms with Crippen LogP contribution in [0.2, 0.25) is 0 Å². The van der Waals surface area contributed by atoms with Gasteiger partial charge in [-0.25, -0.2) is 0 Å². The minimum absolute atomic E-state index is 0.000449. The summed E-state index contributed by atoms with van der Waals surface area (Å²) in [5.74, 6) is -0.185. The van der Waals surface area contributed by atoms with Gasteiger partial charge in [-0.1, -0.05) is 56.2 Å². The predicted molar refractivity (Wildman–Crippen MR) is 265 cm³/mol. The van der Waals surface area contributed by atoms with E-state index in [9.17, 15) is 24.0 Å². The number of amides is 5. The number of rotatable bonds is 19. The molecular weight excluding hydrogens is 879 g/mol. The number of hydrogen-bond acceptors (Lipinski definition) is 11. The molecule has 69 heavy (non-hydrogen) atoms. The van der Waals surface area contributed by atoms with Crippen molar-refractivity contribution in [3.05, 3.63) is 124 Å². The third-order valence-corrected chi connectivity index (χ3v) is 12.4. The summed E-state index contributed by atoms with van der Waals surface area (Å²) in [6.07, 6.45) is 6.16. The fourth-order valence-electron chi connectivity index (χ4n) is 8.83. The Bertz CT molecular complexity index is 2810. The zero-order chi connectivity index (χ0) is 48.6. The lowest BCUT2D eigenvalue weighted by molar-refractivity contribution is -0.128. The molecule has 3 heterocycles. The first-order valence-corrected chi connectivity index (χ1v) is 23.2. The van der Waals surface area contributed by atoms with Gasteiger partial charge in [-0.05, 0) is 84.5 Å². The second-order valence-corrected chi connectivity index (χ2v) is 17.1. The summed E-state index contributed by atoms with van der Waals surface area (Å²) in [6.45, 7) is 3.91. The lowest BCUT2D eigenvalue weighted by Crippen LogP contribution is -2.45. The Morgan fingerprint density at radius 2 is 1.48 bits per heavy atom. The molecule has 0 radical (unpaired) electrons. The largest absolute Gasteiger partial charge is 0.493 e. The number of aliphatic imine (C=N–C) groups is 1. The Morgan fingerprint density at radius 1 is 0.797 bits per heavy atom. The van der Waals surface area contributed by atoms with Crippen LogP contribution >= 0.6 is 0 Å². The molecule has 16 nitrogen and oxygen atoms in total. The molecule has 0 aliphatic carbocycles. The number of para-hydroxylation sites is 2. The highest BCUT2D eigenvalue weighted by Crippen LogP contribution is 2.42. The van der Waals surface area contributed by atoms with Crippen molar-refractivity contribution in [2.75, 3.05) is 54.8 Å². The minimum Gasteiger partial charge on any atom is -0.493 e. The molecule has 0 saturated heterocycles. The maximum absolute atomic E-state index is 14.0. The van der Waals surface area contributed by atoms with Crippen molar-refractivity contribution >= 4 is 64.2 Å². The highest BCUT2D eigenvalue weighted by atomic mass is 16.5. The Balaban J connectivity index is 1.02. The Labute approximate surface area is 401 Å². The van der Waals surface area contributed by atoms with Gasteiger partial charge in [0.05, 0.1) is 49.3 Å². The fraction of sp³-hybridized carbons (Fsp3) is 0.321. The van der Waals surface area contributed by atoms with Crippen LogP contribution in [0, 0.1) is 0 Å². The number of benzene rings is 5. The van der Waals surface area contributed by atoms with E-state index in [1.165, 1.54) is 14.2 Å². The fourth-order valence-corrected chi connectivity index (χ4v) is 8.83. The molecule has 5 amide bonds. The van der Waals surface area contributed by atoms with Crippen LogP contribution in [-0.2, 0) is 40.4 Å². The number of unbranched alkanes of at least 4 members (excludes halogenated alkanes) is 2. The van der Waals surface area contributed by atoms with Gasteiger partial charge in [0.25, 0.3) is 11.8 Å². The topological polar surface area (TPSA) is 189 Å². The number of carbonyl (C=O) groups is 5. The van der Waals surface area contributed by atoms with E-state index >= 15 is 0 Å². The van der Waals surface area contributed by atoms with Crippen LogP contribution in [0.25, 0.3) is 0 Å². The second kappa shape index (κ2) is 21.4. The molecule has 8 rings (SSSR count). The number of fused-ring (bicyclic) bond motifs is 5. The van der Waals surface area contributed by atoms with Crippen molar-refractivity contribution in [1.82, 2.24) is 10.6 Å². The van der Waals surface area contributed by atoms with E-state index in [0.717, 1.165) is 48.2 Å². The molecule has 3 aliphatic heterocycles. The van der Waals surface area contributed by atoms with Crippen LogP contribution in [0.15, 0.2) is 96.0 Å². The number of hydrogen-bond donors (Lipinski definition) is 4. The van der Waals surface area contributed by atoms with Crippen LogP contribution in [0.1, 0.15) is 82.5 Å². The number of anilines is 4. The van der Waals surface area contributed by atoms with Crippen molar-refractivity contribution < 1.29 is 42.9 Å². The van der Waals surface area contributed by atoms with E-state index in [4.69, 9.17) is 23.9 Å². The Kier molecular flexibility index (Phi) is 14.8. The van der Waals surface area contributed by atoms with E-state index in [2.05, 4.69) is 21.3 Å². The number of carbonyl (C=O) groups excluding carboxylic acids is 5. The zero-order valence-electron chi connectivity index (χ0n) is 39.5. The van der Waals surface area contributed by atoms with Crippen LogP contribution in [0.5, 0.6) is 23.0 Å². The number of ether oxygens (including phenoxy) is 4. The molecular formula is C53H57N7O9. The highest BCUT2D eigenvalue weighted by molar-refractivity contribution is 6.15. The normalized spacial score (nSPS) is 14.6. The SMILES string of the molecule is CCCCCC(=O)NCC(=O)NC(C)C(=O)Nc1cc(COc2cc3c(cc2OC)C(=O)N2c4ccccc4CC2C=N3)cc(COc2cc(NC)c(C(=O)N3CCc4ccccc43)cc2OC)c1.